The van der Waals surface area contributed by atoms with E-state index in [0.717, 1.165) is 30.6 Å². The fourth-order valence-corrected chi connectivity index (χ4v) is 3.69. The van der Waals surface area contributed by atoms with Crippen LogP contribution in [0.2, 0.25) is 0 Å². The largest absolute Gasteiger partial charge is 0.353 e. The van der Waals surface area contributed by atoms with Crippen molar-refractivity contribution in [2.24, 2.45) is 5.92 Å². The highest BCUT2D eigenvalue weighted by atomic mass is 16.2. The molecule has 2 atom stereocenters. The zero-order valence-corrected chi connectivity index (χ0v) is 13.9. The molecule has 4 nitrogen and oxygen atoms in total. The van der Waals surface area contributed by atoms with E-state index >= 15 is 0 Å². The molecular formula is C19H26N2O2. The normalized spacial score (nSPS) is 24.7. The van der Waals surface area contributed by atoms with E-state index in [1.54, 1.807) is 0 Å². The van der Waals surface area contributed by atoms with E-state index in [9.17, 15) is 9.59 Å². The fourth-order valence-electron chi connectivity index (χ4n) is 3.69. The Kier molecular flexibility index (Phi) is 4.99. The minimum atomic E-state index is 0.105. The van der Waals surface area contributed by atoms with Crippen LogP contribution in [-0.2, 0) is 16.0 Å². The van der Waals surface area contributed by atoms with Crippen molar-refractivity contribution < 1.29 is 9.59 Å². The monoisotopic (exact) mass is 314 g/mol. The minimum Gasteiger partial charge on any atom is -0.353 e. The van der Waals surface area contributed by atoms with Crippen LogP contribution in [0.15, 0.2) is 24.3 Å². The van der Waals surface area contributed by atoms with Gasteiger partial charge in [0.15, 0.2) is 0 Å². The highest BCUT2D eigenvalue weighted by Crippen LogP contribution is 2.24. The third-order valence-electron chi connectivity index (χ3n) is 5.14. The lowest BCUT2D eigenvalue weighted by Crippen LogP contribution is -2.41. The van der Waals surface area contributed by atoms with Gasteiger partial charge in [0.1, 0.15) is 0 Å². The fraction of sp³-hybridized carbons (Fsp3) is 0.579. The lowest BCUT2D eigenvalue weighted by Gasteiger charge is -2.29. The van der Waals surface area contributed by atoms with E-state index in [4.69, 9.17) is 0 Å². The number of nitrogens with one attached hydrogen (secondary N) is 1. The van der Waals surface area contributed by atoms with Gasteiger partial charge in [-0.1, -0.05) is 31.9 Å². The molecule has 2 aliphatic rings. The average Bonchev–Trinajstić information content (AvgIpc) is 2.96. The Bertz CT molecular complexity index is 567. The summed E-state index contributed by atoms with van der Waals surface area (Å²) in [6.07, 6.45) is 6.80. The van der Waals surface area contributed by atoms with Gasteiger partial charge >= 0.3 is 0 Å². The van der Waals surface area contributed by atoms with Crippen molar-refractivity contribution in [2.75, 3.05) is 11.4 Å². The van der Waals surface area contributed by atoms with Crippen LogP contribution >= 0.6 is 0 Å². The van der Waals surface area contributed by atoms with Crippen LogP contribution in [0.3, 0.4) is 0 Å². The summed E-state index contributed by atoms with van der Waals surface area (Å²) in [5.41, 5.74) is 1.94. The molecule has 1 N–H and O–H groups in total. The molecule has 1 aromatic rings. The van der Waals surface area contributed by atoms with Crippen molar-refractivity contribution in [2.45, 2.75) is 57.9 Å². The molecule has 0 radical (unpaired) electrons. The molecule has 1 saturated heterocycles. The highest BCUT2D eigenvalue weighted by molar-refractivity contribution is 5.95. The van der Waals surface area contributed by atoms with Crippen LogP contribution in [-0.4, -0.2) is 24.4 Å². The summed E-state index contributed by atoms with van der Waals surface area (Å²) in [4.78, 5) is 25.8. The Hall–Kier alpha value is -1.84. The minimum absolute atomic E-state index is 0.105. The van der Waals surface area contributed by atoms with Crippen molar-refractivity contribution in [3.63, 3.8) is 0 Å². The first-order chi connectivity index (χ1) is 11.1. The number of hydrogen-bond donors (Lipinski definition) is 1. The lowest BCUT2D eigenvalue weighted by atomic mass is 9.86. The van der Waals surface area contributed by atoms with E-state index in [0.29, 0.717) is 24.8 Å². The van der Waals surface area contributed by atoms with Crippen LogP contribution in [0.25, 0.3) is 0 Å². The van der Waals surface area contributed by atoms with Crippen LogP contribution in [0.5, 0.6) is 0 Å². The number of nitrogens with zero attached hydrogens (tertiary/aromatic N) is 1. The maximum atomic E-state index is 12.2. The summed E-state index contributed by atoms with van der Waals surface area (Å²) in [7, 11) is 0. The predicted octanol–water partition coefficient (Wildman–Crippen LogP) is 3.05. The van der Waals surface area contributed by atoms with Gasteiger partial charge in [-0.05, 0) is 42.9 Å². The number of anilines is 1. The third-order valence-corrected chi connectivity index (χ3v) is 5.14. The number of carbonyl (C=O) groups excluding carboxylic acids is 2. The first-order valence-corrected chi connectivity index (χ1v) is 8.82. The molecule has 1 aliphatic heterocycles. The SMILES string of the molecule is C[C@@H]1CCCC[C@H]1NC(=O)Cc1ccc(N2CCCC2=O)cc1. The van der Waals surface area contributed by atoms with Crippen molar-refractivity contribution in [1.82, 2.24) is 5.32 Å². The zero-order valence-electron chi connectivity index (χ0n) is 13.9. The molecule has 0 bridgehead atoms. The van der Waals surface area contributed by atoms with Crippen LogP contribution in [0.1, 0.15) is 51.0 Å². The van der Waals surface area contributed by atoms with Crippen LogP contribution in [0, 0.1) is 5.92 Å². The molecule has 2 fully saturated rings. The number of carbonyl (C=O) groups is 2. The lowest BCUT2D eigenvalue weighted by molar-refractivity contribution is -0.121. The van der Waals surface area contributed by atoms with Gasteiger partial charge in [-0.25, -0.2) is 0 Å². The quantitative estimate of drug-likeness (QED) is 0.928. The summed E-state index contributed by atoms with van der Waals surface area (Å²) >= 11 is 0. The number of amides is 2. The van der Waals surface area contributed by atoms with Gasteiger partial charge in [0.25, 0.3) is 0 Å². The molecule has 1 aromatic carbocycles. The highest BCUT2D eigenvalue weighted by Gasteiger charge is 2.23. The maximum absolute atomic E-state index is 12.2. The molecule has 1 saturated carbocycles. The Morgan fingerprint density at radius 2 is 1.91 bits per heavy atom. The second-order valence-electron chi connectivity index (χ2n) is 6.93. The molecule has 0 spiro atoms. The molecule has 0 unspecified atom stereocenters. The van der Waals surface area contributed by atoms with Crippen molar-refractivity contribution in [3.8, 4) is 0 Å². The third kappa shape index (κ3) is 3.92. The summed E-state index contributed by atoms with van der Waals surface area (Å²) in [6, 6.07) is 8.16. The van der Waals surface area contributed by atoms with Gasteiger partial charge in [0, 0.05) is 24.7 Å². The molecule has 0 aromatic heterocycles. The van der Waals surface area contributed by atoms with Crippen LogP contribution < -0.4 is 10.2 Å². The number of benzene rings is 1. The molecule has 2 amide bonds. The zero-order chi connectivity index (χ0) is 16.2. The van der Waals surface area contributed by atoms with Gasteiger partial charge in [-0.15, -0.1) is 0 Å². The second-order valence-corrected chi connectivity index (χ2v) is 6.93. The van der Waals surface area contributed by atoms with E-state index in [1.807, 2.05) is 29.2 Å². The average molecular weight is 314 g/mol. The van der Waals surface area contributed by atoms with Gasteiger partial charge in [0.05, 0.1) is 6.42 Å². The first-order valence-electron chi connectivity index (χ1n) is 8.82. The summed E-state index contributed by atoms with van der Waals surface area (Å²) < 4.78 is 0. The Morgan fingerprint density at radius 1 is 1.17 bits per heavy atom. The van der Waals surface area contributed by atoms with E-state index in [1.165, 1.54) is 19.3 Å². The van der Waals surface area contributed by atoms with E-state index < -0.39 is 0 Å². The van der Waals surface area contributed by atoms with Crippen molar-refractivity contribution in [3.05, 3.63) is 29.8 Å². The smallest absolute Gasteiger partial charge is 0.227 e. The predicted molar refractivity (Wildman–Crippen MR) is 91.3 cm³/mol. The molecule has 1 aliphatic carbocycles. The summed E-state index contributed by atoms with van der Waals surface area (Å²) in [5, 5.41) is 3.19. The van der Waals surface area contributed by atoms with Crippen LogP contribution in [0.4, 0.5) is 5.69 Å². The van der Waals surface area contributed by atoms with Crippen molar-refractivity contribution in [1.29, 1.82) is 0 Å². The van der Waals surface area contributed by atoms with E-state index in [-0.39, 0.29) is 11.8 Å². The molecule has 1 heterocycles. The number of rotatable bonds is 4. The Balaban J connectivity index is 1.55. The second kappa shape index (κ2) is 7.16. The van der Waals surface area contributed by atoms with E-state index in [2.05, 4.69) is 12.2 Å². The van der Waals surface area contributed by atoms with Gasteiger partial charge in [0.2, 0.25) is 11.8 Å². The Morgan fingerprint density at radius 3 is 2.57 bits per heavy atom. The first kappa shape index (κ1) is 16.0. The van der Waals surface area contributed by atoms with Crippen molar-refractivity contribution >= 4 is 17.5 Å². The topological polar surface area (TPSA) is 49.4 Å². The van der Waals surface area contributed by atoms with Gasteiger partial charge in [-0.2, -0.15) is 0 Å². The molecule has 3 rings (SSSR count). The standard InChI is InChI=1S/C19H26N2O2/c1-14-5-2-3-6-17(14)20-18(22)13-15-8-10-16(11-9-15)21-12-4-7-19(21)23/h8-11,14,17H,2-7,12-13H2,1H3,(H,20,22)/t14-,17-/m1/s1. The summed E-state index contributed by atoms with van der Waals surface area (Å²) in [6.45, 7) is 3.03. The molecular weight excluding hydrogens is 288 g/mol. The van der Waals surface area contributed by atoms with Gasteiger partial charge in [-0.3, -0.25) is 9.59 Å². The molecule has 4 heteroatoms. The van der Waals surface area contributed by atoms with Gasteiger partial charge < -0.3 is 10.2 Å². The maximum Gasteiger partial charge on any atom is 0.227 e. The number of hydrogen-bond acceptors (Lipinski definition) is 2. The molecule has 23 heavy (non-hydrogen) atoms. The Labute approximate surface area is 138 Å². The molecule has 124 valence electrons. The summed E-state index contributed by atoms with van der Waals surface area (Å²) in [5.74, 6) is 0.881.